The van der Waals surface area contributed by atoms with Gasteiger partial charge in [0, 0.05) is 43.8 Å². The molecule has 1 unspecified atom stereocenters. The molecule has 5 nitrogen and oxygen atoms in total. The zero-order valence-electron chi connectivity index (χ0n) is 15.9. The predicted octanol–water partition coefficient (Wildman–Crippen LogP) is 3.69. The van der Waals surface area contributed by atoms with E-state index in [9.17, 15) is 4.79 Å². The molecule has 0 radical (unpaired) electrons. The van der Waals surface area contributed by atoms with E-state index in [2.05, 4.69) is 27.4 Å². The quantitative estimate of drug-likeness (QED) is 0.643. The lowest BCUT2D eigenvalue weighted by atomic mass is 10.0. The number of hydrogen-bond acceptors (Lipinski definition) is 5. The first-order valence-electron chi connectivity index (χ1n) is 9.17. The Balaban J connectivity index is 0.00000150. The van der Waals surface area contributed by atoms with Gasteiger partial charge in [0.05, 0.1) is 23.2 Å². The minimum absolute atomic E-state index is 0. The summed E-state index contributed by atoms with van der Waals surface area (Å²) in [6, 6.07) is 14.3. The van der Waals surface area contributed by atoms with Crippen molar-refractivity contribution in [2.75, 3.05) is 19.6 Å². The van der Waals surface area contributed by atoms with Crippen molar-refractivity contribution in [1.82, 2.24) is 20.2 Å². The van der Waals surface area contributed by atoms with E-state index in [1.807, 2.05) is 46.8 Å². The van der Waals surface area contributed by atoms with Crippen LogP contribution in [0.25, 0.3) is 0 Å². The van der Waals surface area contributed by atoms with Crippen LogP contribution in [0, 0.1) is 0 Å². The molecule has 8 heteroatoms. The van der Waals surface area contributed by atoms with Crippen molar-refractivity contribution < 1.29 is 4.79 Å². The molecule has 4 rings (SSSR count). The highest BCUT2D eigenvalue weighted by atomic mass is 35.5. The molecule has 3 aromatic rings. The number of piperazine rings is 1. The van der Waals surface area contributed by atoms with Crippen LogP contribution in [0.4, 0.5) is 0 Å². The third-order valence-electron chi connectivity index (χ3n) is 4.76. The fourth-order valence-electron chi connectivity index (χ4n) is 3.41. The lowest BCUT2D eigenvalue weighted by molar-refractivity contribution is -0.133. The van der Waals surface area contributed by atoms with Crippen molar-refractivity contribution in [3.05, 3.63) is 82.1 Å². The summed E-state index contributed by atoms with van der Waals surface area (Å²) in [5.41, 5.74) is 3.17. The standard InChI is InChI=1S/C21H22N4OS.2ClH/c26-21(25-10-9-23-14-19(25)17-7-4-8-22-13-17)12-18-15-27-20(24-18)11-16-5-2-1-3-6-16;;/h1-8,13,15,19,23H,9-12,14H2;2*1H. The third kappa shape index (κ3) is 6.00. The Labute approximate surface area is 187 Å². The number of hydrogen-bond donors (Lipinski definition) is 1. The van der Waals surface area contributed by atoms with Crippen LogP contribution in [0.15, 0.2) is 60.2 Å². The van der Waals surface area contributed by atoms with Crippen LogP contribution in [-0.4, -0.2) is 40.4 Å². The number of benzene rings is 1. The van der Waals surface area contributed by atoms with E-state index in [4.69, 9.17) is 0 Å². The van der Waals surface area contributed by atoms with Gasteiger partial charge in [-0.05, 0) is 17.2 Å². The van der Waals surface area contributed by atoms with Crippen molar-refractivity contribution in [3.63, 3.8) is 0 Å². The van der Waals surface area contributed by atoms with Crippen molar-refractivity contribution in [3.8, 4) is 0 Å². The fourth-order valence-corrected chi connectivity index (χ4v) is 4.24. The van der Waals surface area contributed by atoms with E-state index in [-0.39, 0.29) is 36.8 Å². The molecule has 1 N–H and O–H groups in total. The van der Waals surface area contributed by atoms with Crippen LogP contribution in [0.3, 0.4) is 0 Å². The Morgan fingerprint density at radius 2 is 2.00 bits per heavy atom. The van der Waals surface area contributed by atoms with Gasteiger partial charge in [0.25, 0.3) is 0 Å². The van der Waals surface area contributed by atoms with Crippen LogP contribution in [0.5, 0.6) is 0 Å². The molecule has 1 aliphatic rings. The molecule has 1 amide bonds. The number of rotatable bonds is 5. The molecule has 0 bridgehead atoms. The lowest BCUT2D eigenvalue weighted by Crippen LogP contribution is -2.49. The lowest BCUT2D eigenvalue weighted by Gasteiger charge is -2.36. The highest BCUT2D eigenvalue weighted by Gasteiger charge is 2.28. The first-order valence-corrected chi connectivity index (χ1v) is 10.0. The topological polar surface area (TPSA) is 58.1 Å². The third-order valence-corrected chi connectivity index (χ3v) is 5.66. The molecule has 1 atom stereocenters. The molecule has 2 aromatic heterocycles. The molecule has 1 saturated heterocycles. The van der Waals surface area contributed by atoms with Crippen LogP contribution < -0.4 is 5.32 Å². The smallest absolute Gasteiger partial charge is 0.229 e. The minimum atomic E-state index is 0. The van der Waals surface area contributed by atoms with Gasteiger partial charge in [0.1, 0.15) is 0 Å². The molecule has 0 saturated carbocycles. The van der Waals surface area contributed by atoms with Gasteiger partial charge in [0.15, 0.2) is 0 Å². The van der Waals surface area contributed by atoms with Gasteiger partial charge in [-0.25, -0.2) is 4.98 Å². The summed E-state index contributed by atoms with van der Waals surface area (Å²) in [6.07, 6.45) is 4.77. The van der Waals surface area contributed by atoms with Crippen molar-refractivity contribution in [1.29, 1.82) is 0 Å². The Morgan fingerprint density at radius 1 is 1.17 bits per heavy atom. The number of pyridine rings is 1. The van der Waals surface area contributed by atoms with Crippen LogP contribution in [-0.2, 0) is 17.6 Å². The monoisotopic (exact) mass is 450 g/mol. The van der Waals surface area contributed by atoms with E-state index in [1.165, 1.54) is 5.56 Å². The summed E-state index contributed by atoms with van der Waals surface area (Å²) in [6.45, 7) is 2.28. The zero-order valence-corrected chi connectivity index (χ0v) is 18.3. The van der Waals surface area contributed by atoms with Gasteiger partial charge in [-0.2, -0.15) is 0 Å². The molecule has 1 aromatic carbocycles. The van der Waals surface area contributed by atoms with Crippen molar-refractivity contribution >= 4 is 42.1 Å². The van der Waals surface area contributed by atoms with E-state index < -0.39 is 0 Å². The van der Waals surface area contributed by atoms with Gasteiger partial charge >= 0.3 is 0 Å². The second kappa shape index (κ2) is 11.3. The van der Waals surface area contributed by atoms with E-state index in [0.717, 1.165) is 35.8 Å². The first kappa shape index (κ1) is 23.3. The summed E-state index contributed by atoms with van der Waals surface area (Å²) in [4.78, 5) is 23.8. The van der Waals surface area contributed by atoms with Gasteiger partial charge in [-0.1, -0.05) is 36.4 Å². The maximum Gasteiger partial charge on any atom is 0.229 e. The number of aromatic nitrogens is 2. The minimum Gasteiger partial charge on any atom is -0.333 e. The molecule has 1 aliphatic heterocycles. The Hall–Kier alpha value is -1.99. The van der Waals surface area contributed by atoms with Crippen LogP contribution in [0.1, 0.15) is 27.9 Å². The molecule has 29 heavy (non-hydrogen) atoms. The first-order chi connectivity index (χ1) is 13.3. The number of nitrogens with one attached hydrogen (secondary N) is 1. The van der Waals surface area contributed by atoms with Crippen molar-refractivity contribution in [2.45, 2.75) is 18.9 Å². The Morgan fingerprint density at radius 3 is 2.76 bits per heavy atom. The summed E-state index contributed by atoms with van der Waals surface area (Å²) >= 11 is 1.63. The average molecular weight is 451 g/mol. The second-order valence-electron chi connectivity index (χ2n) is 6.67. The summed E-state index contributed by atoms with van der Waals surface area (Å²) < 4.78 is 0. The SMILES string of the molecule is Cl.Cl.O=C(Cc1csc(Cc2ccccc2)n1)N1CCNCC1c1cccnc1. The van der Waals surface area contributed by atoms with Gasteiger partial charge in [0.2, 0.25) is 5.91 Å². The Bertz CT molecular complexity index is 892. The fraction of sp³-hybridized carbons (Fsp3) is 0.286. The largest absolute Gasteiger partial charge is 0.333 e. The van der Waals surface area contributed by atoms with Crippen molar-refractivity contribution in [2.24, 2.45) is 0 Å². The number of carbonyl (C=O) groups excluding carboxylic acids is 1. The van der Waals surface area contributed by atoms with Gasteiger partial charge in [-0.15, -0.1) is 36.2 Å². The molecule has 3 heterocycles. The zero-order chi connectivity index (χ0) is 18.5. The summed E-state index contributed by atoms with van der Waals surface area (Å²) in [5, 5.41) is 6.44. The van der Waals surface area contributed by atoms with Gasteiger partial charge < -0.3 is 10.2 Å². The molecule has 154 valence electrons. The highest BCUT2D eigenvalue weighted by Crippen LogP contribution is 2.23. The normalized spacial score (nSPS) is 15.9. The second-order valence-corrected chi connectivity index (χ2v) is 7.61. The van der Waals surface area contributed by atoms with Crippen LogP contribution in [0.2, 0.25) is 0 Å². The molecule has 0 aliphatic carbocycles. The maximum absolute atomic E-state index is 13.0. The molecular formula is C21H24Cl2N4OS. The van der Waals surface area contributed by atoms with E-state index >= 15 is 0 Å². The number of amides is 1. The number of carbonyl (C=O) groups is 1. The van der Waals surface area contributed by atoms with Crippen LogP contribution >= 0.6 is 36.2 Å². The molecular weight excluding hydrogens is 427 g/mol. The highest BCUT2D eigenvalue weighted by molar-refractivity contribution is 7.09. The Kier molecular flexibility index (Phi) is 9.04. The maximum atomic E-state index is 13.0. The number of halogens is 2. The number of nitrogens with zero attached hydrogens (tertiary/aromatic N) is 3. The van der Waals surface area contributed by atoms with E-state index in [1.54, 1.807) is 17.5 Å². The molecule has 1 fully saturated rings. The van der Waals surface area contributed by atoms with Gasteiger partial charge in [-0.3, -0.25) is 9.78 Å². The average Bonchev–Trinajstić information content (AvgIpc) is 3.16. The summed E-state index contributed by atoms with van der Waals surface area (Å²) in [7, 11) is 0. The molecule has 0 spiro atoms. The summed E-state index contributed by atoms with van der Waals surface area (Å²) in [5.74, 6) is 0.127. The predicted molar refractivity (Wildman–Crippen MR) is 121 cm³/mol. The number of thiazole rings is 1. The van der Waals surface area contributed by atoms with E-state index in [0.29, 0.717) is 13.0 Å².